The van der Waals surface area contributed by atoms with Gasteiger partial charge in [0.1, 0.15) is 0 Å². The molecule has 0 atom stereocenters. The van der Waals surface area contributed by atoms with Gasteiger partial charge in [-0.05, 0) is 42.8 Å². The minimum atomic E-state index is -3.63. The van der Waals surface area contributed by atoms with Crippen molar-refractivity contribution >= 4 is 27.8 Å². The summed E-state index contributed by atoms with van der Waals surface area (Å²) in [5.74, 6) is -1.04. The molecule has 2 aromatic carbocycles. The maximum absolute atomic E-state index is 12.2. The Kier molecular flexibility index (Phi) is 4.62. The highest BCUT2D eigenvalue weighted by Gasteiger charge is 2.13. The molecule has 0 spiro atoms. The van der Waals surface area contributed by atoms with Crippen molar-refractivity contribution in [2.45, 2.75) is 11.8 Å². The van der Waals surface area contributed by atoms with Crippen molar-refractivity contribution in [1.82, 2.24) is 0 Å². The number of rotatable bonds is 5. The summed E-state index contributed by atoms with van der Waals surface area (Å²) in [6.45, 7) is 1.88. The molecule has 5 nitrogen and oxygen atoms in total. The van der Waals surface area contributed by atoms with Crippen molar-refractivity contribution in [2.24, 2.45) is 0 Å². The van der Waals surface area contributed by atoms with Crippen LogP contribution in [-0.2, 0) is 14.8 Å². The van der Waals surface area contributed by atoms with Gasteiger partial charge < -0.3 is 5.11 Å². The van der Waals surface area contributed by atoms with Crippen molar-refractivity contribution in [3.63, 3.8) is 0 Å². The fraction of sp³-hybridized carbons (Fsp3) is 0.0625. The highest BCUT2D eigenvalue weighted by Crippen LogP contribution is 2.17. The van der Waals surface area contributed by atoms with E-state index >= 15 is 0 Å². The van der Waals surface area contributed by atoms with Gasteiger partial charge in [-0.25, -0.2) is 13.2 Å². The summed E-state index contributed by atoms with van der Waals surface area (Å²) in [6, 6.07) is 13.0. The molecule has 2 N–H and O–H groups in total. The first-order valence-electron chi connectivity index (χ1n) is 6.47. The smallest absolute Gasteiger partial charge is 0.328 e. The summed E-state index contributed by atoms with van der Waals surface area (Å²) < 4.78 is 26.9. The van der Waals surface area contributed by atoms with Crippen LogP contribution in [0.4, 0.5) is 5.69 Å². The van der Waals surface area contributed by atoms with Crippen molar-refractivity contribution in [3.05, 3.63) is 65.7 Å². The zero-order chi connectivity index (χ0) is 16.2. The van der Waals surface area contributed by atoms with E-state index in [0.29, 0.717) is 11.3 Å². The highest BCUT2D eigenvalue weighted by molar-refractivity contribution is 7.92. The average molecular weight is 317 g/mol. The second-order valence-electron chi connectivity index (χ2n) is 4.71. The van der Waals surface area contributed by atoms with Crippen LogP contribution in [0.3, 0.4) is 0 Å². The van der Waals surface area contributed by atoms with Gasteiger partial charge in [-0.2, -0.15) is 0 Å². The van der Waals surface area contributed by atoms with Crippen LogP contribution in [0.15, 0.2) is 59.5 Å². The summed E-state index contributed by atoms with van der Waals surface area (Å²) in [6.07, 6.45) is 2.45. The Morgan fingerprint density at radius 1 is 1.05 bits per heavy atom. The predicted molar refractivity (Wildman–Crippen MR) is 85.1 cm³/mol. The number of carboxylic acids is 1. The molecule has 0 unspecified atom stereocenters. The maximum Gasteiger partial charge on any atom is 0.328 e. The van der Waals surface area contributed by atoms with Crippen LogP contribution < -0.4 is 4.72 Å². The highest BCUT2D eigenvalue weighted by atomic mass is 32.2. The zero-order valence-electron chi connectivity index (χ0n) is 11.9. The van der Waals surface area contributed by atoms with Gasteiger partial charge in [-0.3, -0.25) is 4.72 Å². The van der Waals surface area contributed by atoms with E-state index in [1.807, 2.05) is 6.92 Å². The van der Waals surface area contributed by atoms with Gasteiger partial charge in [-0.15, -0.1) is 0 Å². The lowest BCUT2D eigenvalue weighted by Gasteiger charge is -2.08. The molecule has 114 valence electrons. The van der Waals surface area contributed by atoms with Crippen molar-refractivity contribution in [2.75, 3.05) is 4.72 Å². The van der Waals surface area contributed by atoms with E-state index < -0.39 is 16.0 Å². The molecule has 0 fully saturated rings. The number of benzene rings is 2. The molecular weight excluding hydrogens is 302 g/mol. The summed E-state index contributed by atoms with van der Waals surface area (Å²) in [7, 11) is -3.63. The lowest BCUT2D eigenvalue weighted by atomic mass is 10.2. The van der Waals surface area contributed by atoms with E-state index in [2.05, 4.69) is 4.72 Å². The third-order valence-electron chi connectivity index (χ3n) is 2.91. The van der Waals surface area contributed by atoms with Crippen LogP contribution in [0.25, 0.3) is 6.08 Å². The van der Waals surface area contributed by atoms with Gasteiger partial charge in [0.2, 0.25) is 0 Å². The Bertz CT molecular complexity index is 791. The second kappa shape index (κ2) is 6.44. The van der Waals surface area contributed by atoms with E-state index in [9.17, 15) is 13.2 Å². The number of aliphatic carboxylic acids is 1. The first kappa shape index (κ1) is 15.8. The zero-order valence-corrected chi connectivity index (χ0v) is 12.7. The fourth-order valence-electron chi connectivity index (χ4n) is 1.76. The molecule has 0 saturated carbocycles. The largest absolute Gasteiger partial charge is 0.478 e. The number of anilines is 1. The Balaban J connectivity index is 2.16. The van der Waals surface area contributed by atoms with Gasteiger partial charge in [0.05, 0.1) is 4.90 Å². The SMILES string of the molecule is Cc1ccc(S(=O)(=O)Nc2ccc(C=CC(=O)O)cc2)cc1. The molecule has 2 rings (SSSR count). The van der Waals surface area contributed by atoms with Crippen LogP contribution >= 0.6 is 0 Å². The summed E-state index contributed by atoms with van der Waals surface area (Å²) in [5, 5.41) is 8.55. The number of hydrogen-bond donors (Lipinski definition) is 2. The average Bonchev–Trinajstić information content (AvgIpc) is 2.46. The molecule has 0 aliphatic heterocycles. The minimum absolute atomic E-state index is 0.188. The third kappa shape index (κ3) is 4.20. The number of sulfonamides is 1. The quantitative estimate of drug-likeness (QED) is 0.831. The maximum atomic E-state index is 12.2. The molecule has 0 bridgehead atoms. The monoisotopic (exact) mass is 317 g/mol. The van der Waals surface area contributed by atoms with Gasteiger partial charge in [0.25, 0.3) is 10.0 Å². The Morgan fingerprint density at radius 2 is 1.64 bits per heavy atom. The molecule has 0 heterocycles. The molecule has 0 aliphatic rings. The minimum Gasteiger partial charge on any atom is -0.478 e. The molecule has 2 aromatic rings. The Morgan fingerprint density at radius 3 is 2.18 bits per heavy atom. The second-order valence-corrected chi connectivity index (χ2v) is 6.39. The molecule has 0 aliphatic carbocycles. The van der Waals surface area contributed by atoms with Crippen molar-refractivity contribution in [1.29, 1.82) is 0 Å². The van der Waals surface area contributed by atoms with E-state index in [1.165, 1.54) is 6.08 Å². The van der Waals surface area contributed by atoms with Crippen molar-refractivity contribution in [3.8, 4) is 0 Å². The van der Waals surface area contributed by atoms with Crippen molar-refractivity contribution < 1.29 is 18.3 Å². The van der Waals surface area contributed by atoms with Gasteiger partial charge in [0.15, 0.2) is 0 Å². The number of hydrogen-bond acceptors (Lipinski definition) is 3. The van der Waals surface area contributed by atoms with E-state index in [4.69, 9.17) is 5.11 Å². The van der Waals surface area contributed by atoms with E-state index in [-0.39, 0.29) is 4.90 Å². The lowest BCUT2D eigenvalue weighted by molar-refractivity contribution is -0.131. The van der Waals surface area contributed by atoms with Crippen LogP contribution in [0.2, 0.25) is 0 Å². The first-order valence-corrected chi connectivity index (χ1v) is 7.96. The van der Waals surface area contributed by atoms with Crippen LogP contribution in [0.1, 0.15) is 11.1 Å². The van der Waals surface area contributed by atoms with Crippen LogP contribution in [0, 0.1) is 6.92 Å². The number of aryl methyl sites for hydroxylation is 1. The molecule has 6 heteroatoms. The van der Waals surface area contributed by atoms with Gasteiger partial charge >= 0.3 is 5.97 Å². The molecule has 0 aromatic heterocycles. The van der Waals surface area contributed by atoms with Crippen LogP contribution in [-0.4, -0.2) is 19.5 Å². The molecule has 0 radical (unpaired) electrons. The van der Waals surface area contributed by atoms with Gasteiger partial charge in [-0.1, -0.05) is 29.8 Å². The molecule has 0 amide bonds. The van der Waals surface area contributed by atoms with E-state index in [0.717, 1.165) is 11.6 Å². The summed E-state index contributed by atoms with van der Waals surface area (Å²) >= 11 is 0. The Labute approximate surface area is 129 Å². The molecule has 0 saturated heterocycles. The summed E-state index contributed by atoms with van der Waals surface area (Å²) in [5.41, 5.74) is 2.06. The predicted octanol–water partition coefficient (Wildman–Crippen LogP) is 2.89. The summed E-state index contributed by atoms with van der Waals surface area (Å²) in [4.78, 5) is 10.6. The Hall–Kier alpha value is -2.60. The molecule has 22 heavy (non-hydrogen) atoms. The first-order chi connectivity index (χ1) is 10.4. The topological polar surface area (TPSA) is 83.5 Å². The number of carbonyl (C=O) groups is 1. The van der Waals surface area contributed by atoms with Crippen LogP contribution in [0.5, 0.6) is 0 Å². The third-order valence-corrected chi connectivity index (χ3v) is 4.31. The molecular formula is C16H15NO4S. The van der Waals surface area contributed by atoms with E-state index in [1.54, 1.807) is 48.5 Å². The lowest BCUT2D eigenvalue weighted by Crippen LogP contribution is -2.12. The fourth-order valence-corrected chi connectivity index (χ4v) is 2.82. The van der Waals surface area contributed by atoms with Gasteiger partial charge in [0, 0.05) is 11.8 Å². The number of nitrogens with one attached hydrogen (secondary N) is 1. The normalized spacial score (nSPS) is 11.5. The standard InChI is InChI=1S/C16H15NO4S/c1-12-2-9-15(10-3-12)22(20,21)17-14-7-4-13(5-8-14)6-11-16(18)19/h2-11,17H,1H3,(H,18,19). The number of carboxylic acid groups (broad SMARTS) is 1.